The molecule has 2 aromatic carbocycles. The van der Waals surface area contributed by atoms with Gasteiger partial charge in [-0.2, -0.15) is 0 Å². The number of rotatable bonds is 5. The molecule has 0 radical (unpaired) electrons. The van der Waals surface area contributed by atoms with Crippen LogP contribution in [0.15, 0.2) is 47.3 Å². The first kappa shape index (κ1) is 20.0. The van der Waals surface area contributed by atoms with E-state index in [1.54, 1.807) is 22.8 Å². The Bertz CT molecular complexity index is 1100. The van der Waals surface area contributed by atoms with Crippen molar-refractivity contribution in [2.75, 3.05) is 0 Å². The highest BCUT2D eigenvalue weighted by atomic mass is 35.5. The summed E-state index contributed by atoms with van der Waals surface area (Å²) < 4.78 is 3.01. The first-order valence-electron chi connectivity index (χ1n) is 8.64. The van der Waals surface area contributed by atoms with Gasteiger partial charge < -0.3 is 0 Å². The summed E-state index contributed by atoms with van der Waals surface area (Å²) in [6, 6.07) is 11.7. The van der Waals surface area contributed by atoms with E-state index in [-0.39, 0.29) is 22.8 Å². The van der Waals surface area contributed by atoms with Gasteiger partial charge in [0.15, 0.2) is 0 Å². The molecule has 0 bridgehead atoms. The van der Waals surface area contributed by atoms with Gasteiger partial charge in [-0.15, -0.1) is 0 Å². The number of imidazole rings is 1. The van der Waals surface area contributed by atoms with Gasteiger partial charge in [-0.25, -0.2) is 4.79 Å². The number of carbonyl (C=O) groups excluding carboxylic acids is 2. The second-order valence-electron chi connectivity index (χ2n) is 6.14. The zero-order valence-corrected chi connectivity index (χ0v) is 16.5. The molecule has 0 aliphatic heterocycles. The molecule has 3 rings (SSSR count). The molecule has 2 N–H and O–H groups in total. The summed E-state index contributed by atoms with van der Waals surface area (Å²) >= 11 is 11.8. The molecule has 0 unspecified atom stereocenters. The van der Waals surface area contributed by atoms with Crippen molar-refractivity contribution >= 4 is 46.0 Å². The third-order valence-corrected chi connectivity index (χ3v) is 4.73. The molecule has 7 nitrogen and oxygen atoms in total. The van der Waals surface area contributed by atoms with Crippen LogP contribution in [0.4, 0.5) is 0 Å². The fourth-order valence-electron chi connectivity index (χ4n) is 2.91. The smallest absolute Gasteiger partial charge is 0.292 e. The van der Waals surface area contributed by atoms with Crippen molar-refractivity contribution in [3.8, 4) is 0 Å². The molecule has 0 atom stereocenters. The Balaban J connectivity index is 1.75. The van der Waals surface area contributed by atoms with E-state index in [9.17, 15) is 14.4 Å². The van der Waals surface area contributed by atoms with Gasteiger partial charge in [0.25, 0.3) is 11.8 Å². The summed E-state index contributed by atoms with van der Waals surface area (Å²) in [5.74, 6) is -1.16. The van der Waals surface area contributed by atoms with Gasteiger partial charge in [-0.1, -0.05) is 42.3 Å². The van der Waals surface area contributed by atoms with Gasteiger partial charge in [0.2, 0.25) is 0 Å². The molecule has 0 aliphatic rings. The predicted octanol–water partition coefficient (Wildman–Crippen LogP) is 2.98. The highest BCUT2D eigenvalue weighted by Crippen LogP contribution is 2.20. The third kappa shape index (κ3) is 4.05. The highest BCUT2D eigenvalue weighted by molar-refractivity contribution is 6.35. The highest BCUT2D eigenvalue weighted by Gasteiger charge is 2.16. The van der Waals surface area contributed by atoms with Crippen molar-refractivity contribution in [2.45, 2.75) is 26.4 Å². The minimum absolute atomic E-state index is 0.131. The molecule has 28 heavy (non-hydrogen) atoms. The lowest BCUT2D eigenvalue weighted by molar-refractivity contribution is -0.122. The monoisotopic (exact) mass is 420 g/mol. The van der Waals surface area contributed by atoms with Gasteiger partial charge in [-0.05, 0) is 36.8 Å². The Morgan fingerprint density at radius 1 is 1.00 bits per heavy atom. The van der Waals surface area contributed by atoms with Crippen LogP contribution in [0.5, 0.6) is 0 Å². The predicted molar refractivity (Wildman–Crippen MR) is 109 cm³/mol. The zero-order valence-electron chi connectivity index (χ0n) is 15.0. The Kier molecular flexibility index (Phi) is 6.06. The summed E-state index contributed by atoms with van der Waals surface area (Å²) in [6.07, 6.45) is 0.788. The fourth-order valence-corrected chi connectivity index (χ4v) is 3.29. The number of nitrogens with one attached hydrogen (secondary N) is 2. The van der Waals surface area contributed by atoms with E-state index in [4.69, 9.17) is 23.2 Å². The molecule has 0 saturated heterocycles. The second kappa shape index (κ2) is 8.50. The van der Waals surface area contributed by atoms with Crippen molar-refractivity contribution in [3.63, 3.8) is 0 Å². The number of halogens is 2. The van der Waals surface area contributed by atoms with Crippen molar-refractivity contribution in [3.05, 3.63) is 68.6 Å². The molecule has 0 aliphatic carbocycles. The standard InChI is InChI=1S/C19H18Cl2N4O3/c1-2-9-24-15-5-3-4-6-16(15)25(19(24)28)11-17(26)22-23-18(27)13-10-12(20)7-8-14(13)21/h3-8,10H,2,9,11H2,1H3,(H,22,26)(H,23,27). The minimum Gasteiger partial charge on any atom is -0.292 e. The quantitative estimate of drug-likeness (QED) is 0.622. The lowest BCUT2D eigenvalue weighted by Gasteiger charge is -2.09. The maximum atomic E-state index is 12.7. The van der Waals surface area contributed by atoms with E-state index in [0.29, 0.717) is 17.1 Å². The molecule has 2 amide bonds. The third-order valence-electron chi connectivity index (χ3n) is 4.16. The SMILES string of the molecule is CCCn1c(=O)n(CC(=O)NNC(=O)c2cc(Cl)ccc2Cl)c2ccccc21. The topological polar surface area (TPSA) is 85.1 Å². The molecule has 0 spiro atoms. The van der Waals surface area contributed by atoms with E-state index >= 15 is 0 Å². The summed E-state index contributed by atoms with van der Waals surface area (Å²) in [7, 11) is 0. The number of para-hydroxylation sites is 2. The van der Waals surface area contributed by atoms with Gasteiger partial charge in [-0.3, -0.25) is 29.6 Å². The second-order valence-corrected chi connectivity index (χ2v) is 6.98. The maximum absolute atomic E-state index is 12.7. The van der Waals surface area contributed by atoms with Crippen molar-refractivity contribution < 1.29 is 9.59 Å². The van der Waals surface area contributed by atoms with E-state index in [1.807, 2.05) is 19.1 Å². The van der Waals surface area contributed by atoms with Crippen LogP contribution in [-0.4, -0.2) is 20.9 Å². The number of nitrogens with zero attached hydrogens (tertiary/aromatic N) is 2. The van der Waals surface area contributed by atoms with Crippen molar-refractivity contribution in [1.82, 2.24) is 20.0 Å². The Morgan fingerprint density at radius 3 is 2.36 bits per heavy atom. The summed E-state index contributed by atoms with van der Waals surface area (Å²) in [5, 5.41) is 0.547. The van der Waals surface area contributed by atoms with Gasteiger partial charge in [0, 0.05) is 11.6 Å². The molecule has 146 valence electrons. The van der Waals surface area contributed by atoms with Crippen LogP contribution in [0.1, 0.15) is 23.7 Å². The fraction of sp³-hybridized carbons (Fsp3) is 0.211. The van der Waals surface area contributed by atoms with Crippen LogP contribution in [0.3, 0.4) is 0 Å². The molecule has 1 aromatic heterocycles. The van der Waals surface area contributed by atoms with Gasteiger partial charge in [0.1, 0.15) is 6.54 Å². The number of fused-ring (bicyclic) bond motifs is 1. The Morgan fingerprint density at radius 2 is 1.68 bits per heavy atom. The lowest BCUT2D eigenvalue weighted by atomic mass is 10.2. The summed E-state index contributed by atoms with van der Waals surface area (Å²) in [4.78, 5) is 37.2. The lowest BCUT2D eigenvalue weighted by Crippen LogP contribution is -2.44. The number of carbonyl (C=O) groups is 2. The normalized spacial score (nSPS) is 10.8. The summed E-state index contributed by atoms with van der Waals surface area (Å²) in [6.45, 7) is 2.29. The van der Waals surface area contributed by atoms with Gasteiger partial charge in [0.05, 0.1) is 21.6 Å². The zero-order chi connectivity index (χ0) is 20.3. The minimum atomic E-state index is -0.610. The van der Waals surface area contributed by atoms with E-state index in [1.165, 1.54) is 16.7 Å². The van der Waals surface area contributed by atoms with Gasteiger partial charge >= 0.3 is 5.69 Å². The van der Waals surface area contributed by atoms with E-state index in [0.717, 1.165) is 11.9 Å². The average Bonchev–Trinajstić information content (AvgIpc) is 2.94. The number of benzene rings is 2. The molecule has 3 aromatic rings. The van der Waals surface area contributed by atoms with Crippen molar-refractivity contribution in [1.29, 1.82) is 0 Å². The molecule has 9 heteroatoms. The van der Waals surface area contributed by atoms with E-state index in [2.05, 4.69) is 10.9 Å². The van der Waals surface area contributed by atoms with Crippen LogP contribution in [0.2, 0.25) is 10.0 Å². The largest absolute Gasteiger partial charge is 0.329 e. The van der Waals surface area contributed by atoms with E-state index < -0.39 is 11.8 Å². The van der Waals surface area contributed by atoms with Crippen LogP contribution < -0.4 is 16.5 Å². The first-order valence-corrected chi connectivity index (χ1v) is 9.40. The molecular formula is C19H18Cl2N4O3. The number of hydrogen-bond donors (Lipinski definition) is 2. The Hall–Kier alpha value is -2.77. The molecule has 0 saturated carbocycles. The van der Waals surface area contributed by atoms with Crippen LogP contribution in [0, 0.1) is 0 Å². The molecular weight excluding hydrogens is 403 g/mol. The average molecular weight is 421 g/mol. The Labute approximate surface area is 170 Å². The van der Waals surface area contributed by atoms with Crippen LogP contribution in [-0.2, 0) is 17.9 Å². The number of aryl methyl sites for hydroxylation is 1. The van der Waals surface area contributed by atoms with Crippen LogP contribution >= 0.6 is 23.2 Å². The van der Waals surface area contributed by atoms with Crippen molar-refractivity contribution in [2.24, 2.45) is 0 Å². The number of hydrazine groups is 1. The van der Waals surface area contributed by atoms with Crippen LogP contribution in [0.25, 0.3) is 11.0 Å². The number of hydrogen-bond acceptors (Lipinski definition) is 3. The number of aromatic nitrogens is 2. The summed E-state index contributed by atoms with van der Waals surface area (Å²) in [5.41, 5.74) is 5.85. The first-order chi connectivity index (χ1) is 13.4. The maximum Gasteiger partial charge on any atom is 0.329 e. The number of amides is 2. The molecule has 1 heterocycles. The molecule has 0 fully saturated rings.